The van der Waals surface area contributed by atoms with Gasteiger partial charge in [0.2, 0.25) is 0 Å². The lowest BCUT2D eigenvalue weighted by Gasteiger charge is -2.28. The van der Waals surface area contributed by atoms with Crippen LogP contribution in [0.25, 0.3) is 0 Å². The zero-order valence-corrected chi connectivity index (χ0v) is 20.7. The highest BCUT2D eigenvalue weighted by atomic mass is 31.2. The number of aryl methyl sites for hydroxylation is 2. The van der Waals surface area contributed by atoms with Crippen LogP contribution in [-0.4, -0.2) is 44.9 Å². The van der Waals surface area contributed by atoms with Gasteiger partial charge in [-0.1, -0.05) is 25.0 Å². The first kappa shape index (κ1) is 22.9. The van der Waals surface area contributed by atoms with E-state index in [1.807, 2.05) is 62.1 Å². The van der Waals surface area contributed by atoms with Gasteiger partial charge in [0.05, 0.1) is 19.7 Å². The topological polar surface area (TPSA) is 94.7 Å². The number of hydrogen-bond donors (Lipinski definition) is 4. The third-order valence-corrected chi connectivity index (χ3v) is 8.34. The fourth-order valence-corrected chi connectivity index (χ4v) is 5.72. The van der Waals surface area contributed by atoms with Crippen LogP contribution in [0.4, 0.5) is 11.5 Å². The maximum Gasteiger partial charge on any atom is 0.168 e. The highest BCUT2D eigenvalue weighted by Crippen LogP contribution is 2.44. The quantitative estimate of drug-likeness (QED) is 0.393. The molecular formula is C26H33N5O2P+. The Balaban J connectivity index is 1.40. The second kappa shape index (κ2) is 9.40. The second-order valence-electron chi connectivity index (χ2n) is 9.73. The van der Waals surface area contributed by atoms with Crippen molar-refractivity contribution in [2.24, 2.45) is 10.9 Å². The van der Waals surface area contributed by atoms with Gasteiger partial charge in [0.1, 0.15) is 28.7 Å². The number of rotatable bonds is 6. The van der Waals surface area contributed by atoms with Crippen LogP contribution in [0.3, 0.4) is 0 Å². The molecule has 2 heterocycles. The van der Waals surface area contributed by atoms with E-state index in [1.165, 1.54) is 25.7 Å². The molecule has 0 saturated heterocycles. The van der Waals surface area contributed by atoms with Gasteiger partial charge in [-0.15, -0.1) is 0 Å². The van der Waals surface area contributed by atoms with Crippen molar-refractivity contribution < 1.29 is 10.00 Å². The van der Waals surface area contributed by atoms with E-state index in [2.05, 4.69) is 15.2 Å². The van der Waals surface area contributed by atoms with Crippen molar-refractivity contribution in [3.8, 4) is 5.75 Å². The van der Waals surface area contributed by atoms with Crippen LogP contribution in [0.2, 0.25) is 0 Å². The molecule has 8 heteroatoms. The number of fused-ring (bicyclic) bond motifs is 1. The van der Waals surface area contributed by atoms with E-state index in [0.717, 1.165) is 46.9 Å². The lowest BCUT2D eigenvalue weighted by atomic mass is 10.0. The summed E-state index contributed by atoms with van der Waals surface area (Å²) >= 11 is 0. The van der Waals surface area contributed by atoms with Gasteiger partial charge in [0.15, 0.2) is 13.3 Å². The molecule has 1 aliphatic heterocycles. The van der Waals surface area contributed by atoms with E-state index in [4.69, 9.17) is 9.98 Å². The van der Waals surface area contributed by atoms with Gasteiger partial charge in [-0.25, -0.2) is 14.9 Å². The van der Waals surface area contributed by atoms with Crippen LogP contribution in [0, 0.1) is 5.92 Å². The number of anilines is 2. The predicted octanol–water partition coefficient (Wildman–Crippen LogP) is 4.44. The summed E-state index contributed by atoms with van der Waals surface area (Å²) in [5.41, 5.74) is 2.85. The average molecular weight is 479 g/mol. The summed E-state index contributed by atoms with van der Waals surface area (Å²) in [4.78, 5) is 20.1. The second-order valence-corrected chi connectivity index (χ2v) is 13.0. The highest BCUT2D eigenvalue weighted by molar-refractivity contribution is 7.76. The van der Waals surface area contributed by atoms with Crippen molar-refractivity contribution in [1.82, 2.24) is 9.55 Å². The third-order valence-electron chi connectivity index (χ3n) is 6.78. The van der Waals surface area contributed by atoms with Gasteiger partial charge < -0.3 is 20.3 Å². The number of nitrogens with zero attached hydrogens (tertiary/aromatic N) is 3. The van der Waals surface area contributed by atoms with Gasteiger partial charge in [-0.05, 0) is 67.1 Å². The summed E-state index contributed by atoms with van der Waals surface area (Å²) in [6.07, 6.45) is 7.58. The molecule has 2 aromatic carbocycles. The molecule has 1 fully saturated rings. The monoisotopic (exact) mass is 478 g/mol. The Labute approximate surface area is 201 Å². The molecule has 3 aromatic rings. The van der Waals surface area contributed by atoms with Crippen molar-refractivity contribution in [3.05, 3.63) is 66.1 Å². The number of aromatic hydroxyl groups is 1. The van der Waals surface area contributed by atoms with Crippen LogP contribution in [-0.2, 0) is 13.0 Å². The SMILES string of the molecule is C[P+](C)(O)c1ccc(NC2=NC(C3CCCC3)Nc3c2ncn3CCc2cccc(O)c2)cc1. The van der Waals surface area contributed by atoms with E-state index in [1.54, 1.807) is 6.07 Å². The molecule has 1 aromatic heterocycles. The minimum absolute atomic E-state index is 0.0234. The van der Waals surface area contributed by atoms with Crippen molar-refractivity contribution in [2.75, 3.05) is 24.0 Å². The number of phenolic OH excluding ortho intramolecular Hbond substituents is 1. The number of imidazole rings is 1. The van der Waals surface area contributed by atoms with Crippen LogP contribution in [0.15, 0.2) is 59.9 Å². The van der Waals surface area contributed by atoms with E-state index < -0.39 is 7.49 Å². The molecule has 34 heavy (non-hydrogen) atoms. The molecule has 1 aliphatic carbocycles. The van der Waals surface area contributed by atoms with E-state index in [0.29, 0.717) is 11.7 Å². The first-order chi connectivity index (χ1) is 16.4. The molecule has 1 unspecified atom stereocenters. The number of benzene rings is 2. The van der Waals surface area contributed by atoms with Gasteiger partial charge in [-0.3, -0.25) is 0 Å². The van der Waals surface area contributed by atoms with Crippen molar-refractivity contribution in [3.63, 3.8) is 0 Å². The number of nitrogens with one attached hydrogen (secondary N) is 2. The fraction of sp³-hybridized carbons (Fsp3) is 0.385. The van der Waals surface area contributed by atoms with Crippen molar-refractivity contribution in [1.29, 1.82) is 0 Å². The number of aliphatic imine (C=N–C) groups is 1. The summed E-state index contributed by atoms with van der Waals surface area (Å²) in [5, 5.41) is 17.9. The van der Waals surface area contributed by atoms with Crippen LogP contribution < -0.4 is 15.9 Å². The molecular weight excluding hydrogens is 445 g/mol. The van der Waals surface area contributed by atoms with Crippen molar-refractivity contribution in [2.45, 2.75) is 44.8 Å². The van der Waals surface area contributed by atoms with Crippen LogP contribution in [0.1, 0.15) is 36.9 Å². The average Bonchev–Trinajstić information content (AvgIpc) is 3.48. The molecule has 7 nitrogen and oxygen atoms in total. The zero-order valence-electron chi connectivity index (χ0n) is 19.8. The Kier molecular flexibility index (Phi) is 6.32. The smallest absolute Gasteiger partial charge is 0.168 e. The van der Waals surface area contributed by atoms with Gasteiger partial charge in [0.25, 0.3) is 0 Å². The molecule has 0 radical (unpaired) electrons. The maximum atomic E-state index is 10.4. The van der Waals surface area contributed by atoms with Gasteiger partial charge >= 0.3 is 0 Å². The first-order valence-corrected chi connectivity index (χ1v) is 14.6. The molecule has 1 atom stereocenters. The fourth-order valence-electron chi connectivity index (χ4n) is 4.84. The first-order valence-electron chi connectivity index (χ1n) is 12.0. The lowest BCUT2D eigenvalue weighted by Crippen LogP contribution is -2.35. The van der Waals surface area contributed by atoms with Gasteiger partial charge in [0, 0.05) is 12.2 Å². The minimum Gasteiger partial charge on any atom is -0.508 e. The molecule has 2 aliphatic rings. The number of phenols is 1. The molecule has 0 bridgehead atoms. The summed E-state index contributed by atoms with van der Waals surface area (Å²) in [6.45, 7) is 4.55. The molecule has 5 rings (SSSR count). The van der Waals surface area contributed by atoms with E-state index in [-0.39, 0.29) is 6.17 Å². The molecule has 0 spiro atoms. The van der Waals surface area contributed by atoms with Crippen molar-refractivity contribution >= 4 is 30.1 Å². The van der Waals surface area contributed by atoms with Crippen LogP contribution in [0.5, 0.6) is 5.75 Å². The van der Waals surface area contributed by atoms with E-state index >= 15 is 0 Å². The summed E-state index contributed by atoms with van der Waals surface area (Å²) in [6, 6.07) is 15.4. The Morgan fingerprint density at radius 2 is 1.88 bits per heavy atom. The summed E-state index contributed by atoms with van der Waals surface area (Å²) in [5.74, 6) is 2.59. The Morgan fingerprint density at radius 1 is 1.12 bits per heavy atom. The Hall–Kier alpha value is -2.89. The highest BCUT2D eigenvalue weighted by Gasteiger charge is 2.32. The normalized spacial score (nSPS) is 18.3. The van der Waals surface area contributed by atoms with Gasteiger partial charge in [-0.2, -0.15) is 0 Å². The predicted molar refractivity (Wildman–Crippen MR) is 141 cm³/mol. The largest absolute Gasteiger partial charge is 0.508 e. The minimum atomic E-state index is -2.04. The number of hydrogen-bond acceptors (Lipinski definition) is 6. The maximum absolute atomic E-state index is 10.4. The number of aromatic nitrogens is 2. The molecule has 4 N–H and O–H groups in total. The van der Waals surface area contributed by atoms with E-state index in [9.17, 15) is 10.00 Å². The Bertz CT molecular complexity index is 1180. The molecule has 178 valence electrons. The molecule has 0 amide bonds. The summed E-state index contributed by atoms with van der Waals surface area (Å²) < 4.78 is 2.15. The number of amidine groups is 1. The zero-order chi connectivity index (χ0) is 23.7. The van der Waals surface area contributed by atoms with Crippen LogP contribution >= 0.6 is 7.49 Å². The summed E-state index contributed by atoms with van der Waals surface area (Å²) in [7, 11) is -2.04. The standard InChI is InChI=1S/C26H32N5O2P/c1-34(2,33)22-12-10-20(11-13-22)28-25-23-26(30-24(29-25)19-7-3-4-8-19)31(17-27-23)15-14-18-6-5-9-21(32)16-18/h5-6,9-13,16-17,19,24,33H,3-4,7-8,14-15H2,1-2H3,(H2-,28,29,30,32)/p+1. The lowest BCUT2D eigenvalue weighted by molar-refractivity contribution is 0.463. The molecule has 1 saturated carbocycles. The Morgan fingerprint density at radius 3 is 2.59 bits per heavy atom. The third kappa shape index (κ3) is 4.96.